The molecule has 0 radical (unpaired) electrons. The summed E-state index contributed by atoms with van der Waals surface area (Å²) in [6.45, 7) is 8.86. The maximum Gasteiger partial charge on any atom is 0.273 e. The minimum Gasteiger partial charge on any atom is -0.387 e. The van der Waals surface area contributed by atoms with Crippen LogP contribution in [0.25, 0.3) is 0 Å². The molecule has 0 amide bonds. The fraction of sp³-hybridized carbons (Fsp3) is 0.700. The van der Waals surface area contributed by atoms with Crippen LogP contribution < -0.4 is 5.32 Å². The molecule has 0 aliphatic carbocycles. The van der Waals surface area contributed by atoms with Crippen LogP contribution in [0.3, 0.4) is 0 Å². The van der Waals surface area contributed by atoms with Gasteiger partial charge in [-0.2, -0.15) is 0 Å². The van der Waals surface area contributed by atoms with E-state index in [-0.39, 0.29) is 22.6 Å². The van der Waals surface area contributed by atoms with Crippen molar-refractivity contribution in [2.24, 2.45) is 0 Å². The van der Waals surface area contributed by atoms with E-state index in [9.17, 15) is 15.2 Å². The Labute approximate surface area is 152 Å². The van der Waals surface area contributed by atoms with Crippen molar-refractivity contribution in [3.05, 3.63) is 39.4 Å². The van der Waals surface area contributed by atoms with Gasteiger partial charge in [-0.1, -0.05) is 65.0 Å². The van der Waals surface area contributed by atoms with Crippen molar-refractivity contribution < 1.29 is 10.0 Å². The molecule has 1 aromatic carbocycles. The van der Waals surface area contributed by atoms with Crippen molar-refractivity contribution in [3.8, 4) is 0 Å². The quantitative estimate of drug-likeness (QED) is 0.313. The minimum atomic E-state index is -0.750. The van der Waals surface area contributed by atoms with E-state index in [1.807, 2.05) is 20.8 Å². The molecule has 5 heteroatoms. The minimum absolute atomic E-state index is 0.0786. The SMILES string of the molecule is CCCCCCCCNC(C)C(O)c1ccc(C(C)C)c([N+](=O)[O-])c1. The van der Waals surface area contributed by atoms with Crippen molar-refractivity contribution in [2.45, 2.75) is 84.3 Å². The summed E-state index contributed by atoms with van der Waals surface area (Å²) in [7, 11) is 0. The Morgan fingerprint density at radius 1 is 1.12 bits per heavy atom. The number of aliphatic hydroxyl groups is 1. The van der Waals surface area contributed by atoms with Gasteiger partial charge in [0.2, 0.25) is 0 Å². The van der Waals surface area contributed by atoms with E-state index in [2.05, 4.69) is 12.2 Å². The Bertz CT molecular complexity index is 532. The third-order valence-electron chi connectivity index (χ3n) is 4.68. The van der Waals surface area contributed by atoms with E-state index in [0.29, 0.717) is 11.1 Å². The first-order valence-electron chi connectivity index (χ1n) is 9.58. The van der Waals surface area contributed by atoms with Gasteiger partial charge in [0.1, 0.15) is 0 Å². The van der Waals surface area contributed by atoms with Gasteiger partial charge in [-0.3, -0.25) is 10.1 Å². The number of nitrogens with one attached hydrogen (secondary N) is 1. The van der Waals surface area contributed by atoms with E-state index in [1.54, 1.807) is 12.1 Å². The molecule has 2 atom stereocenters. The molecule has 1 rings (SSSR count). The number of hydrogen-bond donors (Lipinski definition) is 2. The van der Waals surface area contributed by atoms with Crippen LogP contribution in [0.15, 0.2) is 18.2 Å². The summed E-state index contributed by atoms with van der Waals surface area (Å²) >= 11 is 0. The lowest BCUT2D eigenvalue weighted by Gasteiger charge is -2.21. The monoisotopic (exact) mass is 350 g/mol. The number of nitrogens with zero attached hydrogens (tertiary/aromatic N) is 1. The fourth-order valence-corrected chi connectivity index (χ4v) is 3.03. The van der Waals surface area contributed by atoms with Crippen LogP contribution in [0, 0.1) is 10.1 Å². The van der Waals surface area contributed by atoms with Gasteiger partial charge in [0.15, 0.2) is 0 Å². The highest BCUT2D eigenvalue weighted by Gasteiger charge is 2.22. The first-order chi connectivity index (χ1) is 11.9. The number of benzene rings is 1. The summed E-state index contributed by atoms with van der Waals surface area (Å²) in [6, 6.07) is 4.95. The van der Waals surface area contributed by atoms with Gasteiger partial charge in [-0.15, -0.1) is 0 Å². The van der Waals surface area contributed by atoms with Crippen molar-refractivity contribution in [2.75, 3.05) is 6.54 Å². The summed E-state index contributed by atoms with van der Waals surface area (Å²) in [5.41, 5.74) is 1.39. The molecule has 0 saturated carbocycles. The highest BCUT2D eigenvalue weighted by Crippen LogP contribution is 2.30. The topological polar surface area (TPSA) is 75.4 Å². The first-order valence-corrected chi connectivity index (χ1v) is 9.58. The van der Waals surface area contributed by atoms with Crippen molar-refractivity contribution in [1.82, 2.24) is 5.32 Å². The predicted molar refractivity (Wildman–Crippen MR) is 103 cm³/mol. The van der Waals surface area contributed by atoms with Crippen LogP contribution in [0.1, 0.15) is 89.4 Å². The predicted octanol–water partition coefficient (Wildman–Crippen LogP) is 5.09. The van der Waals surface area contributed by atoms with E-state index in [4.69, 9.17) is 0 Å². The fourth-order valence-electron chi connectivity index (χ4n) is 3.03. The molecule has 0 spiro atoms. The molecule has 0 aliphatic heterocycles. The molecular formula is C20H34N2O3. The number of unbranched alkanes of at least 4 members (excludes halogenated alkanes) is 5. The molecule has 142 valence electrons. The Balaban J connectivity index is 2.56. The normalized spacial score (nSPS) is 13.8. The smallest absolute Gasteiger partial charge is 0.273 e. The number of nitro benzene ring substituents is 1. The zero-order valence-electron chi connectivity index (χ0n) is 16.1. The lowest BCUT2D eigenvalue weighted by Crippen LogP contribution is -2.33. The highest BCUT2D eigenvalue weighted by atomic mass is 16.6. The summed E-state index contributed by atoms with van der Waals surface area (Å²) in [6.07, 6.45) is 6.64. The van der Waals surface area contributed by atoms with Gasteiger partial charge in [0, 0.05) is 17.7 Å². The lowest BCUT2D eigenvalue weighted by molar-refractivity contribution is -0.385. The largest absolute Gasteiger partial charge is 0.387 e. The molecule has 0 saturated heterocycles. The second-order valence-corrected chi connectivity index (χ2v) is 7.19. The number of rotatable bonds is 12. The summed E-state index contributed by atoms with van der Waals surface area (Å²) in [5, 5.41) is 25.1. The average molecular weight is 351 g/mol. The molecule has 0 aliphatic rings. The number of nitro groups is 1. The van der Waals surface area contributed by atoms with Crippen LogP contribution in [0.5, 0.6) is 0 Å². The highest BCUT2D eigenvalue weighted by molar-refractivity contribution is 5.45. The van der Waals surface area contributed by atoms with Crippen LogP contribution in [0.2, 0.25) is 0 Å². The van der Waals surface area contributed by atoms with Gasteiger partial charge in [0.25, 0.3) is 5.69 Å². The Morgan fingerprint density at radius 3 is 2.36 bits per heavy atom. The molecule has 0 aromatic heterocycles. The maximum atomic E-state index is 11.3. The average Bonchev–Trinajstić information content (AvgIpc) is 2.59. The Hall–Kier alpha value is -1.46. The Kier molecular flexibility index (Phi) is 9.68. The molecular weight excluding hydrogens is 316 g/mol. The zero-order chi connectivity index (χ0) is 18.8. The van der Waals surface area contributed by atoms with Crippen molar-refractivity contribution in [3.63, 3.8) is 0 Å². The van der Waals surface area contributed by atoms with Crippen molar-refractivity contribution >= 4 is 5.69 Å². The standard InChI is InChI=1S/C20H34N2O3/c1-5-6-7-8-9-10-13-21-16(4)20(23)17-11-12-18(15(2)3)19(14-17)22(24)25/h11-12,14-16,20-21,23H,5-10,13H2,1-4H3. The van der Waals surface area contributed by atoms with Gasteiger partial charge in [-0.05, 0) is 31.4 Å². The van der Waals surface area contributed by atoms with Crippen LogP contribution >= 0.6 is 0 Å². The maximum absolute atomic E-state index is 11.3. The molecule has 0 bridgehead atoms. The summed E-state index contributed by atoms with van der Waals surface area (Å²) in [5.74, 6) is 0.0786. The van der Waals surface area contributed by atoms with Crippen LogP contribution in [-0.4, -0.2) is 22.6 Å². The molecule has 1 aromatic rings. The molecule has 25 heavy (non-hydrogen) atoms. The third kappa shape index (κ3) is 7.12. The molecule has 5 nitrogen and oxygen atoms in total. The van der Waals surface area contributed by atoms with Gasteiger partial charge in [0.05, 0.1) is 11.0 Å². The van der Waals surface area contributed by atoms with Gasteiger partial charge < -0.3 is 10.4 Å². The van der Waals surface area contributed by atoms with E-state index >= 15 is 0 Å². The van der Waals surface area contributed by atoms with Gasteiger partial charge >= 0.3 is 0 Å². The third-order valence-corrected chi connectivity index (χ3v) is 4.68. The number of hydrogen-bond acceptors (Lipinski definition) is 4. The molecule has 0 heterocycles. The van der Waals surface area contributed by atoms with E-state index in [1.165, 1.54) is 38.2 Å². The van der Waals surface area contributed by atoms with E-state index in [0.717, 1.165) is 13.0 Å². The second kappa shape index (κ2) is 11.2. The second-order valence-electron chi connectivity index (χ2n) is 7.19. The van der Waals surface area contributed by atoms with Crippen LogP contribution in [0.4, 0.5) is 5.69 Å². The molecule has 2 N–H and O–H groups in total. The molecule has 2 unspecified atom stereocenters. The summed E-state index contributed by atoms with van der Waals surface area (Å²) in [4.78, 5) is 10.9. The zero-order valence-corrected chi connectivity index (χ0v) is 16.1. The first kappa shape index (κ1) is 21.6. The van der Waals surface area contributed by atoms with Crippen LogP contribution in [-0.2, 0) is 0 Å². The number of aliphatic hydroxyl groups excluding tert-OH is 1. The molecule has 0 fully saturated rings. The van der Waals surface area contributed by atoms with Gasteiger partial charge in [-0.25, -0.2) is 0 Å². The Morgan fingerprint density at radius 2 is 1.76 bits per heavy atom. The van der Waals surface area contributed by atoms with Crippen molar-refractivity contribution in [1.29, 1.82) is 0 Å². The van der Waals surface area contributed by atoms with E-state index < -0.39 is 6.10 Å². The summed E-state index contributed by atoms with van der Waals surface area (Å²) < 4.78 is 0. The lowest BCUT2D eigenvalue weighted by atomic mass is 9.95.